The number of nitrogens with one attached hydrogen (secondary N) is 1. The van der Waals surface area contributed by atoms with Crippen LogP contribution in [0.3, 0.4) is 0 Å². The van der Waals surface area contributed by atoms with Gasteiger partial charge in [0.15, 0.2) is 0 Å². The van der Waals surface area contributed by atoms with E-state index in [1.165, 1.54) is 25.9 Å². The Hall–Kier alpha value is -1.55. The Bertz CT molecular complexity index is 513. The van der Waals surface area contributed by atoms with Crippen molar-refractivity contribution in [2.24, 2.45) is 5.92 Å². The van der Waals surface area contributed by atoms with Crippen molar-refractivity contribution in [2.45, 2.75) is 38.6 Å². The summed E-state index contributed by atoms with van der Waals surface area (Å²) < 4.78 is 5.16. The predicted octanol–water partition coefficient (Wildman–Crippen LogP) is 1.61. The zero-order valence-electron chi connectivity index (χ0n) is 14.4. The van der Waals surface area contributed by atoms with Crippen LogP contribution in [-0.4, -0.2) is 50.1 Å². The van der Waals surface area contributed by atoms with E-state index in [2.05, 4.69) is 6.92 Å². The van der Waals surface area contributed by atoms with E-state index in [1.54, 1.807) is 12.0 Å². The van der Waals surface area contributed by atoms with Gasteiger partial charge in [0, 0.05) is 31.5 Å². The summed E-state index contributed by atoms with van der Waals surface area (Å²) in [6.07, 6.45) is 5.01. The second-order valence-corrected chi connectivity index (χ2v) is 7.14. The summed E-state index contributed by atoms with van der Waals surface area (Å²) in [4.78, 5) is 16.4. The molecule has 4 heteroatoms. The number of hydrogen-bond acceptors (Lipinski definition) is 2. The Balaban J connectivity index is 1.52. The number of quaternary nitrogens is 1. The molecule has 2 aliphatic heterocycles. The maximum absolute atomic E-state index is 12.6. The lowest BCUT2D eigenvalue weighted by Gasteiger charge is -2.38. The molecule has 0 spiro atoms. The average molecular weight is 317 g/mol. The molecule has 0 unspecified atom stereocenters. The first kappa shape index (κ1) is 16.3. The smallest absolute Gasteiger partial charge is 0.253 e. The van der Waals surface area contributed by atoms with E-state index in [0.717, 1.165) is 49.2 Å². The third kappa shape index (κ3) is 3.86. The van der Waals surface area contributed by atoms with Crippen LogP contribution in [0.2, 0.25) is 0 Å². The minimum atomic E-state index is 0.161. The summed E-state index contributed by atoms with van der Waals surface area (Å²) in [6.45, 7) is 6.80. The van der Waals surface area contributed by atoms with E-state index in [-0.39, 0.29) is 5.91 Å². The van der Waals surface area contributed by atoms with Crippen molar-refractivity contribution in [3.63, 3.8) is 0 Å². The van der Waals surface area contributed by atoms with Gasteiger partial charge in [-0.25, -0.2) is 0 Å². The van der Waals surface area contributed by atoms with Crippen molar-refractivity contribution in [3.05, 3.63) is 29.8 Å². The number of rotatable bonds is 3. The molecule has 1 aromatic rings. The van der Waals surface area contributed by atoms with Crippen molar-refractivity contribution in [1.82, 2.24) is 4.90 Å². The number of ether oxygens (including phenoxy) is 1. The first-order valence-corrected chi connectivity index (χ1v) is 8.95. The van der Waals surface area contributed by atoms with Crippen molar-refractivity contribution in [3.8, 4) is 5.75 Å². The molecule has 0 bridgehead atoms. The number of piperidine rings is 2. The largest absolute Gasteiger partial charge is 0.497 e. The number of likely N-dealkylation sites (tertiary alicyclic amines) is 2. The van der Waals surface area contributed by atoms with Gasteiger partial charge in [0.05, 0.1) is 26.2 Å². The fourth-order valence-electron chi connectivity index (χ4n) is 3.95. The Morgan fingerprint density at radius 3 is 2.26 bits per heavy atom. The fourth-order valence-corrected chi connectivity index (χ4v) is 3.95. The van der Waals surface area contributed by atoms with E-state index >= 15 is 0 Å². The van der Waals surface area contributed by atoms with Crippen LogP contribution in [0, 0.1) is 5.92 Å². The van der Waals surface area contributed by atoms with Crippen LogP contribution < -0.4 is 9.64 Å². The SMILES string of the molecule is COc1ccc(C(=O)N2CCC([NH+]3CCC(C)CC3)CC2)cc1. The van der Waals surface area contributed by atoms with Gasteiger partial charge in [-0.1, -0.05) is 6.92 Å². The zero-order valence-corrected chi connectivity index (χ0v) is 14.4. The fraction of sp³-hybridized carbons (Fsp3) is 0.632. The highest BCUT2D eigenvalue weighted by atomic mass is 16.5. The van der Waals surface area contributed by atoms with Gasteiger partial charge in [0.25, 0.3) is 5.91 Å². The molecule has 1 amide bonds. The molecule has 0 aromatic heterocycles. The van der Waals surface area contributed by atoms with Crippen LogP contribution in [0.25, 0.3) is 0 Å². The first-order valence-electron chi connectivity index (χ1n) is 8.95. The quantitative estimate of drug-likeness (QED) is 0.919. The summed E-state index contributed by atoms with van der Waals surface area (Å²) in [5.74, 6) is 1.85. The molecule has 4 nitrogen and oxygen atoms in total. The molecule has 3 rings (SSSR count). The van der Waals surface area contributed by atoms with Crippen LogP contribution in [0.5, 0.6) is 5.75 Å². The summed E-state index contributed by atoms with van der Waals surface area (Å²) in [5.41, 5.74) is 0.767. The van der Waals surface area contributed by atoms with Crippen LogP contribution >= 0.6 is 0 Å². The zero-order chi connectivity index (χ0) is 16.2. The molecule has 2 fully saturated rings. The molecule has 1 aromatic carbocycles. The normalized spacial score (nSPS) is 26.1. The van der Waals surface area contributed by atoms with Crippen molar-refractivity contribution in [2.75, 3.05) is 33.3 Å². The van der Waals surface area contributed by atoms with E-state index in [9.17, 15) is 4.79 Å². The molecule has 1 N–H and O–H groups in total. The molecule has 0 atom stereocenters. The summed E-state index contributed by atoms with van der Waals surface area (Å²) >= 11 is 0. The lowest BCUT2D eigenvalue weighted by atomic mass is 9.95. The van der Waals surface area contributed by atoms with E-state index in [0.29, 0.717) is 0 Å². The molecule has 23 heavy (non-hydrogen) atoms. The highest BCUT2D eigenvalue weighted by Crippen LogP contribution is 2.17. The minimum absolute atomic E-state index is 0.161. The topological polar surface area (TPSA) is 34.0 Å². The highest BCUT2D eigenvalue weighted by Gasteiger charge is 2.31. The number of nitrogens with zero attached hydrogens (tertiary/aromatic N) is 1. The lowest BCUT2D eigenvalue weighted by molar-refractivity contribution is -0.932. The second kappa shape index (κ2) is 7.35. The maximum Gasteiger partial charge on any atom is 0.253 e. The molecule has 0 aliphatic carbocycles. The van der Waals surface area contributed by atoms with Gasteiger partial charge in [0.2, 0.25) is 0 Å². The van der Waals surface area contributed by atoms with Crippen molar-refractivity contribution in [1.29, 1.82) is 0 Å². The summed E-state index contributed by atoms with van der Waals surface area (Å²) in [5, 5.41) is 0. The van der Waals surface area contributed by atoms with Crippen molar-refractivity contribution >= 4 is 5.91 Å². The molecule has 2 aliphatic rings. The second-order valence-electron chi connectivity index (χ2n) is 7.14. The highest BCUT2D eigenvalue weighted by molar-refractivity contribution is 5.94. The molecule has 0 radical (unpaired) electrons. The van der Waals surface area contributed by atoms with Gasteiger partial charge in [-0.05, 0) is 43.0 Å². The van der Waals surface area contributed by atoms with E-state index < -0.39 is 0 Å². The number of amides is 1. The Labute approximate surface area is 139 Å². The maximum atomic E-state index is 12.6. The molecule has 0 saturated carbocycles. The van der Waals surface area contributed by atoms with Crippen molar-refractivity contribution < 1.29 is 14.4 Å². The number of benzene rings is 1. The van der Waals surface area contributed by atoms with Gasteiger partial charge in [0.1, 0.15) is 5.75 Å². The summed E-state index contributed by atoms with van der Waals surface area (Å²) in [6, 6.07) is 8.20. The van der Waals surface area contributed by atoms with E-state index in [4.69, 9.17) is 4.74 Å². The Kier molecular flexibility index (Phi) is 5.21. The number of carbonyl (C=O) groups excluding carboxylic acids is 1. The van der Waals surface area contributed by atoms with Gasteiger partial charge >= 0.3 is 0 Å². The lowest BCUT2D eigenvalue weighted by Crippen LogP contribution is -3.17. The van der Waals surface area contributed by atoms with Crippen LogP contribution in [0.4, 0.5) is 0 Å². The monoisotopic (exact) mass is 317 g/mol. The average Bonchev–Trinajstić information content (AvgIpc) is 2.62. The van der Waals surface area contributed by atoms with Gasteiger partial charge in [-0.3, -0.25) is 4.79 Å². The standard InChI is InChI=1S/C19H28N2O2/c1-15-7-11-20(12-8-15)17-9-13-21(14-10-17)19(22)16-3-5-18(23-2)6-4-16/h3-6,15,17H,7-14H2,1-2H3/p+1. The van der Waals surface area contributed by atoms with Gasteiger partial charge in [-0.2, -0.15) is 0 Å². The third-order valence-corrected chi connectivity index (χ3v) is 5.61. The summed E-state index contributed by atoms with van der Waals surface area (Å²) in [7, 11) is 1.64. The van der Waals surface area contributed by atoms with Gasteiger partial charge in [-0.15, -0.1) is 0 Å². The Morgan fingerprint density at radius 2 is 1.70 bits per heavy atom. The van der Waals surface area contributed by atoms with Crippen LogP contribution in [0.15, 0.2) is 24.3 Å². The molecule has 2 heterocycles. The van der Waals surface area contributed by atoms with Crippen LogP contribution in [0.1, 0.15) is 43.0 Å². The molecule has 2 saturated heterocycles. The van der Waals surface area contributed by atoms with Gasteiger partial charge < -0.3 is 14.5 Å². The number of carbonyl (C=O) groups is 1. The van der Waals surface area contributed by atoms with E-state index in [1.807, 2.05) is 29.2 Å². The Morgan fingerprint density at radius 1 is 1.09 bits per heavy atom. The molecular weight excluding hydrogens is 288 g/mol. The number of methoxy groups -OCH3 is 1. The predicted molar refractivity (Wildman–Crippen MR) is 91.0 cm³/mol. The minimum Gasteiger partial charge on any atom is -0.497 e. The molecular formula is C19H29N2O2+. The number of hydrogen-bond donors (Lipinski definition) is 1. The first-order chi connectivity index (χ1) is 11.2. The molecule has 126 valence electrons. The van der Waals surface area contributed by atoms with Crippen LogP contribution in [-0.2, 0) is 0 Å². The third-order valence-electron chi connectivity index (χ3n) is 5.61.